The van der Waals surface area contributed by atoms with E-state index < -0.39 is 0 Å². The molecular weight excluding hydrogens is 148 g/mol. The summed E-state index contributed by atoms with van der Waals surface area (Å²) >= 11 is 0. The van der Waals surface area contributed by atoms with Gasteiger partial charge in [0.05, 0.1) is 0 Å². The highest BCUT2D eigenvalue weighted by atomic mass is 16.1. The van der Waals surface area contributed by atoms with Crippen LogP contribution in [-0.2, 0) is 4.79 Å². The van der Waals surface area contributed by atoms with Gasteiger partial charge in [-0.3, -0.25) is 4.79 Å². The Morgan fingerprint density at radius 3 is 1.92 bits per heavy atom. The molecule has 0 spiro atoms. The lowest BCUT2D eigenvalue weighted by Gasteiger charge is -2.18. The third kappa shape index (κ3) is 3.89. The van der Waals surface area contributed by atoms with Gasteiger partial charge in [-0.2, -0.15) is 0 Å². The Morgan fingerprint density at radius 1 is 1.17 bits per heavy atom. The molecule has 0 amide bonds. The van der Waals surface area contributed by atoms with E-state index >= 15 is 0 Å². The fourth-order valence-electron chi connectivity index (χ4n) is 1.35. The zero-order valence-electron chi connectivity index (χ0n) is 9.05. The maximum atomic E-state index is 11.4. The molecule has 0 aromatic heterocycles. The fourth-order valence-corrected chi connectivity index (χ4v) is 1.35. The third-order valence-electron chi connectivity index (χ3n) is 2.57. The number of hydrogen-bond acceptors (Lipinski definition) is 1. The van der Waals surface area contributed by atoms with Gasteiger partial charge in [-0.15, -0.1) is 0 Å². The van der Waals surface area contributed by atoms with Crippen LogP contribution < -0.4 is 0 Å². The molecule has 0 N–H and O–H groups in total. The summed E-state index contributed by atoms with van der Waals surface area (Å²) in [5.41, 5.74) is 0. The van der Waals surface area contributed by atoms with Crippen LogP contribution >= 0.6 is 0 Å². The van der Waals surface area contributed by atoms with Gasteiger partial charge in [-0.25, -0.2) is 0 Å². The van der Waals surface area contributed by atoms with Crippen LogP contribution in [0.4, 0.5) is 0 Å². The number of carbonyl (C=O) groups excluding carboxylic acids is 1. The highest BCUT2D eigenvalue weighted by Gasteiger charge is 2.17. The molecule has 0 heterocycles. The molecule has 0 bridgehead atoms. The average molecular weight is 170 g/mol. The monoisotopic (exact) mass is 170 g/mol. The molecule has 12 heavy (non-hydrogen) atoms. The van der Waals surface area contributed by atoms with Gasteiger partial charge in [-0.1, -0.05) is 41.0 Å². The molecule has 72 valence electrons. The van der Waals surface area contributed by atoms with E-state index in [1.807, 2.05) is 13.8 Å². The van der Waals surface area contributed by atoms with Crippen molar-refractivity contribution in [2.24, 2.45) is 17.8 Å². The summed E-state index contributed by atoms with van der Waals surface area (Å²) in [6.07, 6.45) is 1.89. The smallest absolute Gasteiger partial charge is 0.135 e. The Morgan fingerprint density at radius 2 is 1.67 bits per heavy atom. The Hall–Kier alpha value is -0.330. The van der Waals surface area contributed by atoms with Crippen LogP contribution in [0.5, 0.6) is 0 Å². The normalized spacial score (nSPS) is 13.9. The predicted octanol–water partition coefficient (Wildman–Crippen LogP) is 3.28. The zero-order chi connectivity index (χ0) is 9.72. The molecule has 1 nitrogen and oxygen atoms in total. The molecule has 0 aromatic rings. The molecule has 1 unspecified atom stereocenters. The van der Waals surface area contributed by atoms with Gasteiger partial charge < -0.3 is 0 Å². The molecule has 1 heteroatoms. The van der Waals surface area contributed by atoms with Gasteiger partial charge in [0.2, 0.25) is 0 Å². The lowest BCUT2D eigenvalue weighted by molar-refractivity contribution is -0.123. The summed E-state index contributed by atoms with van der Waals surface area (Å²) in [6.45, 7) is 10.5. The molecule has 0 aliphatic rings. The zero-order valence-corrected chi connectivity index (χ0v) is 9.05. The van der Waals surface area contributed by atoms with Gasteiger partial charge >= 0.3 is 0 Å². The second-order valence-corrected chi connectivity index (χ2v) is 4.24. The van der Waals surface area contributed by atoms with Crippen LogP contribution in [-0.4, -0.2) is 5.78 Å². The van der Waals surface area contributed by atoms with Crippen molar-refractivity contribution in [2.75, 3.05) is 0 Å². The first-order chi connectivity index (χ1) is 5.49. The number of carbonyl (C=O) groups is 1. The maximum Gasteiger partial charge on any atom is 0.135 e. The lowest BCUT2D eigenvalue weighted by atomic mass is 9.86. The Balaban J connectivity index is 3.94. The summed E-state index contributed by atoms with van der Waals surface area (Å²) in [7, 11) is 0. The summed E-state index contributed by atoms with van der Waals surface area (Å²) in [5, 5.41) is 0. The topological polar surface area (TPSA) is 17.1 Å². The van der Waals surface area contributed by atoms with Gasteiger partial charge in [-0.05, 0) is 11.8 Å². The van der Waals surface area contributed by atoms with Crippen LogP contribution in [0.2, 0.25) is 0 Å². The first-order valence-electron chi connectivity index (χ1n) is 5.01. The fraction of sp³-hybridized carbons (Fsp3) is 0.909. The van der Waals surface area contributed by atoms with Crippen molar-refractivity contribution >= 4 is 5.78 Å². The molecule has 0 radical (unpaired) electrons. The van der Waals surface area contributed by atoms with Gasteiger partial charge in [0, 0.05) is 12.3 Å². The average Bonchev–Trinajstić information content (AvgIpc) is 1.98. The summed E-state index contributed by atoms with van der Waals surface area (Å²) in [6, 6.07) is 0. The van der Waals surface area contributed by atoms with Crippen LogP contribution in [0, 0.1) is 17.8 Å². The Bertz CT molecular complexity index is 136. The van der Waals surface area contributed by atoms with Crippen LogP contribution in [0.25, 0.3) is 0 Å². The highest BCUT2D eigenvalue weighted by molar-refractivity contribution is 5.80. The molecule has 0 aliphatic carbocycles. The molecular formula is C11H22O. The second-order valence-electron chi connectivity index (χ2n) is 4.24. The van der Waals surface area contributed by atoms with Crippen molar-refractivity contribution in [1.29, 1.82) is 0 Å². The molecule has 0 rings (SSSR count). The lowest BCUT2D eigenvalue weighted by Crippen LogP contribution is -2.16. The van der Waals surface area contributed by atoms with E-state index in [0.29, 0.717) is 17.6 Å². The van der Waals surface area contributed by atoms with Gasteiger partial charge in [0.15, 0.2) is 0 Å². The Labute approximate surface area is 76.6 Å². The van der Waals surface area contributed by atoms with E-state index in [-0.39, 0.29) is 5.92 Å². The van der Waals surface area contributed by atoms with Crippen molar-refractivity contribution in [3.05, 3.63) is 0 Å². The highest BCUT2D eigenvalue weighted by Crippen LogP contribution is 2.20. The van der Waals surface area contributed by atoms with E-state index in [9.17, 15) is 4.79 Å². The van der Waals surface area contributed by atoms with E-state index in [2.05, 4.69) is 20.8 Å². The molecule has 0 aliphatic heterocycles. The quantitative estimate of drug-likeness (QED) is 0.619. The van der Waals surface area contributed by atoms with Gasteiger partial charge in [0.25, 0.3) is 0 Å². The van der Waals surface area contributed by atoms with Gasteiger partial charge in [0.1, 0.15) is 5.78 Å². The van der Waals surface area contributed by atoms with Crippen molar-refractivity contribution in [3.63, 3.8) is 0 Å². The maximum absolute atomic E-state index is 11.4. The molecule has 0 fully saturated rings. The first-order valence-corrected chi connectivity index (χ1v) is 5.01. The van der Waals surface area contributed by atoms with E-state index in [4.69, 9.17) is 0 Å². The van der Waals surface area contributed by atoms with E-state index in [1.165, 1.54) is 0 Å². The van der Waals surface area contributed by atoms with Crippen LogP contribution in [0.3, 0.4) is 0 Å². The van der Waals surface area contributed by atoms with Crippen LogP contribution in [0.1, 0.15) is 47.5 Å². The standard InChI is InChI=1S/C11H22O/c1-6-10(8(2)3)7-11(12)9(4)5/h8-10H,6-7H2,1-5H3. The largest absolute Gasteiger partial charge is 0.299 e. The van der Waals surface area contributed by atoms with Crippen molar-refractivity contribution in [3.8, 4) is 0 Å². The van der Waals surface area contributed by atoms with E-state index in [0.717, 1.165) is 12.8 Å². The third-order valence-corrected chi connectivity index (χ3v) is 2.57. The molecule has 0 saturated carbocycles. The molecule has 0 saturated heterocycles. The number of rotatable bonds is 5. The van der Waals surface area contributed by atoms with Crippen LogP contribution in [0.15, 0.2) is 0 Å². The van der Waals surface area contributed by atoms with Crippen molar-refractivity contribution in [2.45, 2.75) is 47.5 Å². The number of ketones is 1. The Kier molecular flexibility index (Phi) is 5.19. The minimum absolute atomic E-state index is 0.206. The first kappa shape index (κ1) is 11.7. The second kappa shape index (κ2) is 5.34. The van der Waals surface area contributed by atoms with Crippen molar-refractivity contribution in [1.82, 2.24) is 0 Å². The minimum atomic E-state index is 0.206. The van der Waals surface area contributed by atoms with E-state index in [1.54, 1.807) is 0 Å². The number of Topliss-reactive ketones (excluding diaryl/α,β-unsaturated/α-hetero) is 1. The summed E-state index contributed by atoms with van der Waals surface area (Å²) in [4.78, 5) is 11.4. The predicted molar refractivity (Wildman–Crippen MR) is 53.1 cm³/mol. The molecule has 1 atom stereocenters. The molecule has 0 aromatic carbocycles. The number of hydrogen-bond donors (Lipinski definition) is 0. The summed E-state index contributed by atoms with van der Waals surface area (Å²) < 4.78 is 0. The SMILES string of the molecule is CCC(CC(=O)C(C)C)C(C)C. The summed E-state index contributed by atoms with van der Waals surface area (Å²) in [5.74, 6) is 1.84. The minimum Gasteiger partial charge on any atom is -0.299 e. The van der Waals surface area contributed by atoms with Crippen molar-refractivity contribution < 1.29 is 4.79 Å².